The Morgan fingerprint density at radius 2 is 2.15 bits per heavy atom. The number of nitrogens with zero attached hydrogens (tertiary/aromatic N) is 1. The van der Waals surface area contributed by atoms with Crippen molar-refractivity contribution < 1.29 is 13.6 Å². The molecule has 0 aliphatic heterocycles. The molecule has 0 atom stereocenters. The highest BCUT2D eigenvalue weighted by molar-refractivity contribution is 6.21. The fourth-order valence-corrected chi connectivity index (χ4v) is 0.882. The number of halogens is 3. The highest BCUT2D eigenvalue weighted by Crippen LogP contribution is 2.30. The molecule has 0 amide bonds. The molecule has 0 radical (unpaired) electrons. The Hall–Kier alpha value is -1.03. The van der Waals surface area contributed by atoms with Crippen molar-refractivity contribution in [2.45, 2.75) is 12.3 Å². The smallest absolute Gasteiger partial charge is 0.294 e. The van der Waals surface area contributed by atoms with E-state index in [2.05, 4.69) is 4.98 Å². The molecule has 0 saturated heterocycles. The van der Waals surface area contributed by atoms with Gasteiger partial charge < -0.3 is 0 Å². The zero-order valence-electron chi connectivity index (χ0n) is 6.72. The third-order valence-electron chi connectivity index (χ3n) is 1.46. The standard InChI is InChI=1S/C8H6ClF2NO/c1-5(13)6-2-3-7(12-4-6)8(9,10)11/h2-4H,1H3. The van der Waals surface area contributed by atoms with Gasteiger partial charge in [0, 0.05) is 11.8 Å². The summed E-state index contributed by atoms with van der Waals surface area (Å²) in [6.45, 7) is 1.33. The number of aromatic nitrogens is 1. The number of Topliss-reactive ketones (excluding diaryl/α,β-unsaturated/α-hetero) is 1. The lowest BCUT2D eigenvalue weighted by molar-refractivity contribution is 0.0896. The van der Waals surface area contributed by atoms with Crippen LogP contribution in [0.5, 0.6) is 0 Å². The van der Waals surface area contributed by atoms with E-state index in [0.717, 1.165) is 12.3 Å². The van der Waals surface area contributed by atoms with Crippen molar-refractivity contribution >= 4 is 17.4 Å². The quantitative estimate of drug-likeness (QED) is 0.549. The van der Waals surface area contributed by atoms with Crippen molar-refractivity contribution in [1.29, 1.82) is 0 Å². The van der Waals surface area contributed by atoms with Crippen LogP contribution in [-0.4, -0.2) is 10.8 Å². The number of pyridine rings is 1. The molecule has 0 aliphatic carbocycles. The molecule has 1 rings (SSSR count). The van der Waals surface area contributed by atoms with Crippen LogP contribution in [0.4, 0.5) is 8.78 Å². The number of alkyl halides is 3. The van der Waals surface area contributed by atoms with Gasteiger partial charge in [0.25, 0.3) is 0 Å². The van der Waals surface area contributed by atoms with Crippen LogP contribution in [0.25, 0.3) is 0 Å². The summed E-state index contributed by atoms with van der Waals surface area (Å²) in [5, 5.41) is -3.48. The van der Waals surface area contributed by atoms with Gasteiger partial charge in [0.05, 0.1) is 0 Å². The van der Waals surface area contributed by atoms with Gasteiger partial charge in [-0.25, -0.2) is 0 Å². The van der Waals surface area contributed by atoms with E-state index in [1.807, 2.05) is 0 Å². The fraction of sp³-hybridized carbons (Fsp3) is 0.250. The zero-order valence-corrected chi connectivity index (χ0v) is 7.48. The summed E-state index contributed by atoms with van der Waals surface area (Å²) in [7, 11) is 0. The molecule has 2 nitrogen and oxygen atoms in total. The lowest BCUT2D eigenvalue weighted by Gasteiger charge is -2.06. The lowest BCUT2D eigenvalue weighted by Crippen LogP contribution is -2.07. The van der Waals surface area contributed by atoms with Crippen molar-refractivity contribution in [3.8, 4) is 0 Å². The Morgan fingerprint density at radius 3 is 2.46 bits per heavy atom. The van der Waals surface area contributed by atoms with Crippen molar-refractivity contribution in [3.63, 3.8) is 0 Å². The molecule has 1 aromatic heterocycles. The predicted octanol–water partition coefficient (Wildman–Crippen LogP) is 2.57. The summed E-state index contributed by atoms with van der Waals surface area (Å²) in [6, 6.07) is 2.30. The number of rotatable bonds is 2. The zero-order chi connectivity index (χ0) is 10.1. The van der Waals surface area contributed by atoms with Crippen LogP contribution < -0.4 is 0 Å². The average Bonchev–Trinajstić information content (AvgIpc) is 2.03. The first-order valence-electron chi connectivity index (χ1n) is 3.45. The highest BCUT2D eigenvalue weighted by atomic mass is 35.5. The molecule has 70 valence electrons. The number of hydrogen-bond acceptors (Lipinski definition) is 2. The Kier molecular flexibility index (Phi) is 2.61. The second-order valence-electron chi connectivity index (χ2n) is 2.49. The van der Waals surface area contributed by atoms with Crippen molar-refractivity contribution in [2.24, 2.45) is 0 Å². The van der Waals surface area contributed by atoms with Gasteiger partial charge in [-0.05, 0) is 30.7 Å². The second-order valence-corrected chi connectivity index (χ2v) is 2.96. The number of carbonyl (C=O) groups is 1. The van der Waals surface area contributed by atoms with Crippen LogP contribution in [0.3, 0.4) is 0 Å². The lowest BCUT2D eigenvalue weighted by atomic mass is 10.2. The van der Waals surface area contributed by atoms with E-state index in [9.17, 15) is 13.6 Å². The maximum absolute atomic E-state index is 12.4. The van der Waals surface area contributed by atoms with Crippen LogP contribution in [0.1, 0.15) is 23.0 Å². The van der Waals surface area contributed by atoms with Gasteiger partial charge in [0.15, 0.2) is 5.78 Å². The molecular formula is C8H6ClF2NO. The predicted molar refractivity (Wildman–Crippen MR) is 44.0 cm³/mol. The van der Waals surface area contributed by atoms with E-state index < -0.39 is 11.1 Å². The first-order chi connectivity index (χ1) is 5.91. The van der Waals surface area contributed by atoms with Gasteiger partial charge in [0.1, 0.15) is 5.69 Å². The topological polar surface area (TPSA) is 30.0 Å². The molecule has 1 heterocycles. The van der Waals surface area contributed by atoms with Crippen LogP contribution in [0, 0.1) is 0 Å². The summed E-state index contributed by atoms with van der Waals surface area (Å²) in [5.41, 5.74) is -0.274. The third kappa shape index (κ3) is 2.45. The summed E-state index contributed by atoms with van der Waals surface area (Å²) in [6.07, 6.45) is 1.08. The molecule has 1 aromatic rings. The molecule has 5 heteroatoms. The van der Waals surface area contributed by atoms with Crippen LogP contribution in [0.2, 0.25) is 0 Å². The minimum absolute atomic E-state index is 0.225. The monoisotopic (exact) mass is 205 g/mol. The Balaban J connectivity index is 3.01. The SMILES string of the molecule is CC(=O)c1ccc(C(F)(F)Cl)nc1. The normalized spacial score (nSPS) is 11.4. The number of ketones is 1. The maximum atomic E-state index is 12.4. The van der Waals surface area contributed by atoms with E-state index in [1.54, 1.807) is 0 Å². The highest BCUT2D eigenvalue weighted by Gasteiger charge is 2.29. The average molecular weight is 206 g/mol. The Labute approximate surface area is 78.5 Å². The van der Waals surface area contributed by atoms with E-state index >= 15 is 0 Å². The molecule has 0 fully saturated rings. The van der Waals surface area contributed by atoms with E-state index in [-0.39, 0.29) is 11.3 Å². The first-order valence-corrected chi connectivity index (χ1v) is 3.83. The van der Waals surface area contributed by atoms with Crippen LogP contribution in [0.15, 0.2) is 18.3 Å². The number of carbonyl (C=O) groups excluding carboxylic acids is 1. The van der Waals surface area contributed by atoms with Gasteiger partial charge in [-0.2, -0.15) is 8.78 Å². The summed E-state index contributed by atoms with van der Waals surface area (Å²) >= 11 is 4.71. The van der Waals surface area contributed by atoms with Crippen LogP contribution >= 0.6 is 11.6 Å². The fourth-order valence-electron chi connectivity index (χ4n) is 0.770. The molecule has 0 bridgehead atoms. The molecule has 0 aromatic carbocycles. The van der Waals surface area contributed by atoms with Crippen LogP contribution in [-0.2, 0) is 5.38 Å². The maximum Gasteiger partial charge on any atom is 0.364 e. The second kappa shape index (κ2) is 3.38. The van der Waals surface area contributed by atoms with Gasteiger partial charge in [-0.15, -0.1) is 0 Å². The molecule has 0 aliphatic rings. The Bertz CT molecular complexity index is 318. The van der Waals surface area contributed by atoms with Crippen molar-refractivity contribution in [2.75, 3.05) is 0 Å². The molecule has 0 N–H and O–H groups in total. The largest absolute Gasteiger partial charge is 0.364 e. The van der Waals surface area contributed by atoms with Gasteiger partial charge in [0.2, 0.25) is 0 Å². The molecule has 0 unspecified atom stereocenters. The number of hydrogen-bond donors (Lipinski definition) is 0. The van der Waals surface area contributed by atoms with E-state index in [0.29, 0.717) is 0 Å². The van der Waals surface area contributed by atoms with Gasteiger partial charge >= 0.3 is 5.38 Å². The van der Waals surface area contributed by atoms with Crippen molar-refractivity contribution in [1.82, 2.24) is 4.98 Å². The molecular weight excluding hydrogens is 200 g/mol. The Morgan fingerprint density at radius 1 is 1.54 bits per heavy atom. The summed E-state index contributed by atoms with van der Waals surface area (Å²) in [4.78, 5) is 14.1. The van der Waals surface area contributed by atoms with E-state index in [4.69, 9.17) is 11.6 Å². The molecule has 13 heavy (non-hydrogen) atoms. The first kappa shape index (κ1) is 10.1. The summed E-state index contributed by atoms with van der Waals surface area (Å²) in [5.74, 6) is -0.225. The van der Waals surface area contributed by atoms with Crippen molar-refractivity contribution in [3.05, 3.63) is 29.6 Å². The summed E-state index contributed by atoms with van der Waals surface area (Å²) < 4.78 is 24.8. The minimum Gasteiger partial charge on any atom is -0.294 e. The molecule has 0 spiro atoms. The van der Waals surface area contributed by atoms with E-state index in [1.165, 1.54) is 13.0 Å². The third-order valence-corrected chi connectivity index (χ3v) is 1.65. The van der Waals surface area contributed by atoms with Gasteiger partial charge in [-0.1, -0.05) is 0 Å². The molecule has 0 saturated carbocycles. The minimum atomic E-state index is -3.48. The van der Waals surface area contributed by atoms with Gasteiger partial charge in [-0.3, -0.25) is 9.78 Å².